The lowest BCUT2D eigenvalue weighted by atomic mass is 9.86. The molecule has 4 rings (SSSR count). The number of ether oxygens (including phenoxy) is 1. The molecule has 0 atom stereocenters. The predicted molar refractivity (Wildman–Crippen MR) is 101 cm³/mol. The number of hydrogen-bond donors (Lipinski definition) is 0. The van der Waals surface area contributed by atoms with Gasteiger partial charge in [-0.25, -0.2) is 4.98 Å². The van der Waals surface area contributed by atoms with Gasteiger partial charge < -0.3 is 9.64 Å². The van der Waals surface area contributed by atoms with Crippen LogP contribution < -0.4 is 4.74 Å². The molecule has 1 aromatic rings. The molecule has 1 aliphatic heterocycles. The minimum Gasteiger partial charge on any atom is -0.489 e. The molecule has 27 heavy (non-hydrogen) atoms. The quantitative estimate of drug-likeness (QED) is 0.817. The van der Waals surface area contributed by atoms with Gasteiger partial charge in [-0.3, -0.25) is 9.69 Å². The lowest BCUT2D eigenvalue weighted by Crippen LogP contribution is -2.54. The zero-order valence-electron chi connectivity index (χ0n) is 15.8. The van der Waals surface area contributed by atoms with Crippen LogP contribution in [-0.2, 0) is 4.79 Å². The van der Waals surface area contributed by atoms with Crippen molar-refractivity contribution in [1.29, 1.82) is 5.26 Å². The Morgan fingerprint density at radius 2 is 1.81 bits per heavy atom. The summed E-state index contributed by atoms with van der Waals surface area (Å²) in [6.07, 6.45) is 9.40. The van der Waals surface area contributed by atoms with Crippen molar-refractivity contribution in [1.82, 2.24) is 14.8 Å². The van der Waals surface area contributed by atoms with Gasteiger partial charge in [-0.15, -0.1) is 0 Å². The molecule has 2 saturated carbocycles. The summed E-state index contributed by atoms with van der Waals surface area (Å²) in [5.41, 5.74) is 0.397. The summed E-state index contributed by atoms with van der Waals surface area (Å²) < 4.78 is 5.98. The highest BCUT2D eigenvalue weighted by Gasteiger charge is 2.33. The average molecular weight is 368 g/mol. The van der Waals surface area contributed by atoms with Crippen molar-refractivity contribution in [3.63, 3.8) is 0 Å². The predicted octanol–water partition coefficient (Wildman–Crippen LogP) is 2.59. The molecule has 3 aliphatic rings. The number of carbonyl (C=O) groups excluding carboxylic acids is 1. The standard InChI is InChI=1S/C21H28N4O2/c22-14-17-6-9-20(15-23-17)27-19-7-4-16(5-8-19)21(26)25-12-10-24(11-13-25)18-2-1-3-18/h6,9,15-16,18-19H,1-5,7-8,10-13H2/t16-,19-. The minimum absolute atomic E-state index is 0.138. The second-order valence-electron chi connectivity index (χ2n) is 8.03. The second-order valence-corrected chi connectivity index (χ2v) is 8.03. The number of nitriles is 1. The first-order valence-corrected chi connectivity index (χ1v) is 10.3. The number of piperazine rings is 1. The van der Waals surface area contributed by atoms with Crippen molar-refractivity contribution in [2.75, 3.05) is 26.2 Å². The third-order valence-corrected chi connectivity index (χ3v) is 6.39. The maximum atomic E-state index is 12.9. The molecule has 0 N–H and O–H groups in total. The fourth-order valence-corrected chi connectivity index (χ4v) is 4.45. The Labute approximate surface area is 161 Å². The largest absolute Gasteiger partial charge is 0.489 e. The number of carbonyl (C=O) groups is 1. The summed E-state index contributed by atoms with van der Waals surface area (Å²) >= 11 is 0. The van der Waals surface area contributed by atoms with Crippen molar-refractivity contribution < 1.29 is 9.53 Å². The molecular formula is C21H28N4O2. The van der Waals surface area contributed by atoms with E-state index in [0.29, 0.717) is 17.4 Å². The van der Waals surface area contributed by atoms with Crippen LogP contribution in [0.1, 0.15) is 50.6 Å². The minimum atomic E-state index is 0.138. The van der Waals surface area contributed by atoms with Gasteiger partial charge in [0, 0.05) is 38.1 Å². The van der Waals surface area contributed by atoms with Crippen LogP contribution in [0.4, 0.5) is 0 Å². The summed E-state index contributed by atoms with van der Waals surface area (Å²) in [5.74, 6) is 1.21. The van der Waals surface area contributed by atoms with Crippen molar-refractivity contribution in [2.45, 2.75) is 57.1 Å². The molecule has 0 radical (unpaired) electrons. The van der Waals surface area contributed by atoms with Crippen LogP contribution in [0.5, 0.6) is 5.75 Å². The van der Waals surface area contributed by atoms with E-state index in [1.165, 1.54) is 19.3 Å². The van der Waals surface area contributed by atoms with Gasteiger partial charge in [0.2, 0.25) is 5.91 Å². The SMILES string of the molecule is N#Cc1ccc(O[C@H]2CC[C@H](C(=O)N3CCN(C4CCC4)CC3)CC2)cn1. The van der Waals surface area contributed by atoms with E-state index in [1.807, 2.05) is 6.07 Å². The highest BCUT2D eigenvalue weighted by Crippen LogP contribution is 2.30. The lowest BCUT2D eigenvalue weighted by Gasteiger charge is -2.43. The van der Waals surface area contributed by atoms with E-state index >= 15 is 0 Å². The first-order valence-electron chi connectivity index (χ1n) is 10.3. The first kappa shape index (κ1) is 18.2. The molecule has 0 bridgehead atoms. The normalized spacial score (nSPS) is 26.9. The molecule has 1 aromatic heterocycles. The Bertz CT molecular complexity index is 679. The van der Waals surface area contributed by atoms with E-state index in [-0.39, 0.29) is 12.0 Å². The Morgan fingerprint density at radius 1 is 1.07 bits per heavy atom. The number of pyridine rings is 1. The third kappa shape index (κ3) is 4.24. The summed E-state index contributed by atoms with van der Waals surface area (Å²) in [6, 6.07) is 6.26. The van der Waals surface area contributed by atoms with Crippen molar-refractivity contribution in [3.8, 4) is 11.8 Å². The molecule has 1 saturated heterocycles. The van der Waals surface area contributed by atoms with Crippen LogP contribution >= 0.6 is 0 Å². The molecular weight excluding hydrogens is 340 g/mol. The van der Waals surface area contributed by atoms with Crippen LogP contribution in [0.25, 0.3) is 0 Å². The number of amides is 1. The van der Waals surface area contributed by atoms with Crippen molar-refractivity contribution in [3.05, 3.63) is 24.0 Å². The number of nitrogens with zero attached hydrogens (tertiary/aromatic N) is 4. The van der Waals surface area contributed by atoms with E-state index in [0.717, 1.165) is 57.9 Å². The van der Waals surface area contributed by atoms with Gasteiger partial charge in [-0.05, 0) is 50.7 Å². The molecule has 3 fully saturated rings. The molecule has 0 spiro atoms. The van der Waals surface area contributed by atoms with Crippen LogP contribution in [0.15, 0.2) is 18.3 Å². The van der Waals surface area contributed by atoms with E-state index in [1.54, 1.807) is 18.3 Å². The van der Waals surface area contributed by atoms with E-state index in [4.69, 9.17) is 10.00 Å². The molecule has 0 unspecified atom stereocenters. The van der Waals surface area contributed by atoms with Crippen LogP contribution in [0, 0.1) is 17.2 Å². The van der Waals surface area contributed by atoms with E-state index < -0.39 is 0 Å². The molecule has 6 heteroatoms. The maximum Gasteiger partial charge on any atom is 0.225 e. The van der Waals surface area contributed by atoms with Crippen LogP contribution in [0.3, 0.4) is 0 Å². The van der Waals surface area contributed by atoms with Crippen LogP contribution in [-0.4, -0.2) is 59.0 Å². The average Bonchev–Trinajstić information content (AvgIpc) is 2.68. The van der Waals surface area contributed by atoms with Gasteiger partial charge in [-0.2, -0.15) is 5.26 Å². The topological polar surface area (TPSA) is 69.5 Å². The summed E-state index contributed by atoms with van der Waals surface area (Å²) in [7, 11) is 0. The highest BCUT2D eigenvalue weighted by atomic mass is 16.5. The summed E-state index contributed by atoms with van der Waals surface area (Å²) in [4.78, 5) is 21.6. The number of hydrogen-bond acceptors (Lipinski definition) is 5. The summed E-state index contributed by atoms with van der Waals surface area (Å²) in [5, 5.41) is 8.80. The van der Waals surface area contributed by atoms with E-state index in [2.05, 4.69) is 14.8 Å². The number of aromatic nitrogens is 1. The van der Waals surface area contributed by atoms with Crippen molar-refractivity contribution in [2.24, 2.45) is 5.92 Å². The first-order chi connectivity index (χ1) is 13.2. The second kappa shape index (κ2) is 8.26. The fourth-order valence-electron chi connectivity index (χ4n) is 4.45. The van der Waals surface area contributed by atoms with Gasteiger partial charge in [-0.1, -0.05) is 6.42 Å². The fraction of sp³-hybridized carbons (Fsp3) is 0.667. The number of rotatable bonds is 4. The maximum absolute atomic E-state index is 12.9. The Hall–Kier alpha value is -2.13. The van der Waals surface area contributed by atoms with Gasteiger partial charge in [0.05, 0.1) is 12.3 Å². The van der Waals surface area contributed by atoms with E-state index in [9.17, 15) is 4.79 Å². The Kier molecular flexibility index (Phi) is 5.58. The van der Waals surface area contributed by atoms with Crippen LogP contribution in [0.2, 0.25) is 0 Å². The van der Waals surface area contributed by atoms with Gasteiger partial charge >= 0.3 is 0 Å². The van der Waals surface area contributed by atoms with Crippen molar-refractivity contribution >= 4 is 5.91 Å². The van der Waals surface area contributed by atoms with Gasteiger partial charge in [0.25, 0.3) is 0 Å². The molecule has 6 nitrogen and oxygen atoms in total. The molecule has 2 heterocycles. The Morgan fingerprint density at radius 3 is 2.37 bits per heavy atom. The highest BCUT2D eigenvalue weighted by molar-refractivity contribution is 5.79. The monoisotopic (exact) mass is 368 g/mol. The Balaban J connectivity index is 1.21. The molecule has 0 aromatic carbocycles. The van der Waals surface area contributed by atoms with Gasteiger partial charge in [0.15, 0.2) is 0 Å². The molecule has 1 amide bonds. The smallest absolute Gasteiger partial charge is 0.225 e. The molecule has 144 valence electrons. The zero-order chi connectivity index (χ0) is 18.6. The zero-order valence-corrected chi connectivity index (χ0v) is 15.8. The third-order valence-electron chi connectivity index (χ3n) is 6.39. The van der Waals surface area contributed by atoms with Gasteiger partial charge in [0.1, 0.15) is 17.5 Å². The summed E-state index contributed by atoms with van der Waals surface area (Å²) in [6.45, 7) is 3.87. The lowest BCUT2D eigenvalue weighted by molar-refractivity contribution is -0.139. The molecule has 2 aliphatic carbocycles.